The summed E-state index contributed by atoms with van der Waals surface area (Å²) in [5.41, 5.74) is 2.68. The van der Waals surface area contributed by atoms with Crippen LogP contribution in [0.1, 0.15) is 35.2 Å². The second-order valence-electron chi connectivity index (χ2n) is 5.84. The minimum absolute atomic E-state index is 0.0858. The van der Waals surface area contributed by atoms with Crippen LogP contribution in [0.15, 0.2) is 59.0 Å². The molecule has 3 aromatic rings. The quantitative estimate of drug-likeness (QED) is 0.784. The summed E-state index contributed by atoms with van der Waals surface area (Å²) in [5, 5.41) is 10.4. The fraction of sp³-hybridized carbons (Fsp3) is 0.211. The average molecular weight is 335 g/mol. The van der Waals surface area contributed by atoms with Gasteiger partial charge in [0.05, 0.1) is 0 Å². The SMILES string of the molecule is O=C(Nc1nnc(C2CCCO2)o1)c1ccc(-c2ccccc2)cc1. The first-order valence-electron chi connectivity index (χ1n) is 8.21. The molecule has 1 aliphatic rings. The monoisotopic (exact) mass is 335 g/mol. The number of ether oxygens (including phenoxy) is 1. The highest BCUT2D eigenvalue weighted by atomic mass is 16.5. The number of carbonyl (C=O) groups excluding carboxylic acids is 1. The normalized spacial score (nSPS) is 16.7. The highest BCUT2D eigenvalue weighted by Crippen LogP contribution is 2.28. The Balaban J connectivity index is 1.44. The van der Waals surface area contributed by atoms with E-state index in [9.17, 15) is 4.79 Å². The van der Waals surface area contributed by atoms with Crippen LogP contribution < -0.4 is 5.32 Å². The number of nitrogens with one attached hydrogen (secondary N) is 1. The van der Waals surface area contributed by atoms with E-state index in [1.165, 1.54) is 0 Å². The molecule has 0 aliphatic carbocycles. The molecule has 1 amide bonds. The van der Waals surface area contributed by atoms with Gasteiger partial charge in [0.15, 0.2) is 0 Å². The Kier molecular flexibility index (Phi) is 4.26. The zero-order valence-electron chi connectivity index (χ0n) is 13.5. The van der Waals surface area contributed by atoms with Gasteiger partial charge in [0.1, 0.15) is 6.10 Å². The number of benzene rings is 2. The second kappa shape index (κ2) is 6.86. The van der Waals surface area contributed by atoms with Gasteiger partial charge in [-0.05, 0) is 36.1 Å². The number of amides is 1. The van der Waals surface area contributed by atoms with Crippen LogP contribution in [-0.4, -0.2) is 22.7 Å². The van der Waals surface area contributed by atoms with E-state index in [-0.39, 0.29) is 18.0 Å². The Labute approximate surface area is 144 Å². The standard InChI is InChI=1S/C19H17N3O3/c23-17(20-19-22-21-18(25-19)16-7-4-12-24-16)15-10-8-14(9-11-15)13-5-2-1-3-6-13/h1-3,5-6,8-11,16H,4,7,12H2,(H,20,22,23). The lowest BCUT2D eigenvalue weighted by Crippen LogP contribution is -2.11. The molecule has 4 rings (SSSR count). The summed E-state index contributed by atoms with van der Waals surface area (Å²) in [6, 6.07) is 17.5. The molecule has 0 spiro atoms. The highest BCUT2D eigenvalue weighted by molar-refractivity contribution is 6.03. The van der Waals surface area contributed by atoms with Crippen LogP contribution in [0.4, 0.5) is 6.01 Å². The highest BCUT2D eigenvalue weighted by Gasteiger charge is 2.24. The van der Waals surface area contributed by atoms with Crippen LogP contribution in [0.5, 0.6) is 0 Å². The molecule has 1 aliphatic heterocycles. The Morgan fingerprint density at radius 1 is 1.00 bits per heavy atom. The fourth-order valence-corrected chi connectivity index (χ4v) is 2.80. The van der Waals surface area contributed by atoms with Gasteiger partial charge >= 0.3 is 6.01 Å². The van der Waals surface area contributed by atoms with Crippen LogP contribution in [0.2, 0.25) is 0 Å². The molecule has 1 atom stereocenters. The molecule has 0 saturated carbocycles. The van der Waals surface area contributed by atoms with E-state index in [1.54, 1.807) is 12.1 Å². The molecule has 0 bridgehead atoms. The van der Waals surface area contributed by atoms with Crippen molar-refractivity contribution in [1.29, 1.82) is 0 Å². The van der Waals surface area contributed by atoms with E-state index in [0.717, 1.165) is 24.0 Å². The maximum atomic E-state index is 12.3. The largest absolute Gasteiger partial charge is 0.405 e. The number of hydrogen-bond acceptors (Lipinski definition) is 5. The predicted octanol–water partition coefficient (Wildman–Crippen LogP) is 3.84. The maximum Gasteiger partial charge on any atom is 0.322 e. The van der Waals surface area contributed by atoms with E-state index >= 15 is 0 Å². The zero-order chi connectivity index (χ0) is 17.1. The third-order valence-electron chi connectivity index (χ3n) is 4.12. The molecule has 6 nitrogen and oxygen atoms in total. The van der Waals surface area contributed by atoms with Crippen LogP contribution in [0, 0.1) is 0 Å². The minimum Gasteiger partial charge on any atom is -0.405 e. The Morgan fingerprint density at radius 2 is 1.76 bits per heavy atom. The fourth-order valence-electron chi connectivity index (χ4n) is 2.80. The molecular weight excluding hydrogens is 318 g/mol. The number of aromatic nitrogens is 2. The van der Waals surface area contributed by atoms with Crippen molar-refractivity contribution in [2.75, 3.05) is 11.9 Å². The van der Waals surface area contributed by atoms with Crippen molar-refractivity contribution >= 4 is 11.9 Å². The number of nitrogens with zero attached hydrogens (tertiary/aromatic N) is 2. The van der Waals surface area contributed by atoms with Crippen LogP contribution in [0.3, 0.4) is 0 Å². The summed E-state index contributed by atoms with van der Waals surface area (Å²) >= 11 is 0. The maximum absolute atomic E-state index is 12.3. The lowest BCUT2D eigenvalue weighted by molar-refractivity contribution is 0.0893. The van der Waals surface area contributed by atoms with Gasteiger partial charge in [-0.3, -0.25) is 10.1 Å². The summed E-state index contributed by atoms with van der Waals surface area (Å²) in [5.74, 6) is 0.120. The van der Waals surface area contributed by atoms with E-state index in [2.05, 4.69) is 15.5 Å². The van der Waals surface area contributed by atoms with Crippen LogP contribution in [-0.2, 0) is 4.74 Å². The van der Waals surface area contributed by atoms with Crippen molar-refractivity contribution in [3.8, 4) is 11.1 Å². The summed E-state index contributed by atoms with van der Waals surface area (Å²) in [4.78, 5) is 12.3. The lowest BCUT2D eigenvalue weighted by atomic mass is 10.0. The average Bonchev–Trinajstić information content (AvgIpc) is 3.34. The lowest BCUT2D eigenvalue weighted by Gasteiger charge is -2.04. The molecule has 126 valence electrons. The van der Waals surface area contributed by atoms with Crippen LogP contribution >= 0.6 is 0 Å². The van der Waals surface area contributed by atoms with Gasteiger partial charge in [0, 0.05) is 12.2 Å². The van der Waals surface area contributed by atoms with Crippen molar-refractivity contribution in [2.45, 2.75) is 18.9 Å². The molecule has 1 N–H and O–H groups in total. The van der Waals surface area contributed by atoms with Crippen molar-refractivity contribution in [1.82, 2.24) is 10.2 Å². The molecule has 2 aromatic carbocycles. The first-order valence-corrected chi connectivity index (χ1v) is 8.21. The van der Waals surface area contributed by atoms with Gasteiger partial charge in [0.2, 0.25) is 5.89 Å². The van der Waals surface area contributed by atoms with Gasteiger partial charge in [-0.2, -0.15) is 0 Å². The van der Waals surface area contributed by atoms with E-state index in [1.807, 2.05) is 42.5 Å². The predicted molar refractivity (Wildman–Crippen MR) is 92.1 cm³/mol. The van der Waals surface area contributed by atoms with E-state index in [0.29, 0.717) is 18.1 Å². The van der Waals surface area contributed by atoms with Crippen molar-refractivity contribution in [3.63, 3.8) is 0 Å². The molecule has 25 heavy (non-hydrogen) atoms. The topological polar surface area (TPSA) is 77.2 Å². The third kappa shape index (κ3) is 3.44. The molecular formula is C19H17N3O3. The first kappa shape index (κ1) is 15.5. The summed E-state index contributed by atoms with van der Waals surface area (Å²) in [7, 11) is 0. The first-order chi connectivity index (χ1) is 12.3. The summed E-state index contributed by atoms with van der Waals surface area (Å²) < 4.78 is 11.0. The van der Waals surface area contributed by atoms with Gasteiger partial charge in [-0.1, -0.05) is 47.6 Å². The zero-order valence-corrected chi connectivity index (χ0v) is 13.5. The summed E-state index contributed by atoms with van der Waals surface area (Å²) in [6.07, 6.45) is 1.67. The Bertz CT molecular complexity index is 853. The number of hydrogen-bond donors (Lipinski definition) is 1. The smallest absolute Gasteiger partial charge is 0.322 e. The number of carbonyl (C=O) groups is 1. The van der Waals surface area contributed by atoms with Crippen molar-refractivity contribution < 1.29 is 13.9 Å². The molecule has 1 unspecified atom stereocenters. The van der Waals surface area contributed by atoms with Gasteiger partial charge in [-0.25, -0.2) is 0 Å². The van der Waals surface area contributed by atoms with Crippen molar-refractivity contribution in [3.05, 3.63) is 66.1 Å². The van der Waals surface area contributed by atoms with E-state index in [4.69, 9.17) is 9.15 Å². The van der Waals surface area contributed by atoms with Gasteiger partial charge in [0.25, 0.3) is 5.91 Å². The van der Waals surface area contributed by atoms with E-state index < -0.39 is 0 Å². The molecule has 6 heteroatoms. The minimum atomic E-state index is -0.290. The Morgan fingerprint density at radius 3 is 2.48 bits per heavy atom. The molecule has 1 saturated heterocycles. The van der Waals surface area contributed by atoms with Gasteiger partial charge < -0.3 is 9.15 Å². The molecule has 1 aromatic heterocycles. The van der Waals surface area contributed by atoms with Crippen LogP contribution in [0.25, 0.3) is 11.1 Å². The van der Waals surface area contributed by atoms with Gasteiger partial charge in [-0.15, -0.1) is 5.10 Å². The Hall–Kier alpha value is -2.99. The third-order valence-corrected chi connectivity index (χ3v) is 4.12. The summed E-state index contributed by atoms with van der Waals surface area (Å²) in [6.45, 7) is 0.697. The number of anilines is 1. The number of rotatable bonds is 4. The van der Waals surface area contributed by atoms with Crippen molar-refractivity contribution in [2.24, 2.45) is 0 Å². The molecule has 0 radical (unpaired) electrons. The second-order valence-corrected chi connectivity index (χ2v) is 5.84. The molecule has 1 fully saturated rings. The molecule has 2 heterocycles.